The van der Waals surface area contributed by atoms with Crippen LogP contribution in [0.25, 0.3) is 0 Å². The standard InChI is InChI=1S/C9H10O2/c1-9(7-11)5-3-2-4-8(9)6-10/h3,5,8H,2,4H2,1H3. The molecular formula is C9H10O2. The van der Waals surface area contributed by atoms with Gasteiger partial charge in [-0.15, -0.1) is 0 Å². The maximum atomic E-state index is 10.5. The van der Waals surface area contributed by atoms with E-state index < -0.39 is 5.41 Å². The van der Waals surface area contributed by atoms with Crippen LogP contribution in [0.5, 0.6) is 0 Å². The van der Waals surface area contributed by atoms with Crippen LogP contribution in [0.3, 0.4) is 0 Å². The molecule has 2 radical (unpaired) electrons. The van der Waals surface area contributed by atoms with E-state index in [0.29, 0.717) is 6.42 Å². The van der Waals surface area contributed by atoms with Crippen molar-refractivity contribution in [3.63, 3.8) is 0 Å². The van der Waals surface area contributed by atoms with Crippen LogP contribution in [0.2, 0.25) is 0 Å². The Morgan fingerprint density at radius 2 is 2.27 bits per heavy atom. The van der Waals surface area contributed by atoms with E-state index in [9.17, 15) is 9.59 Å². The highest BCUT2D eigenvalue weighted by Gasteiger charge is 2.34. The van der Waals surface area contributed by atoms with E-state index in [1.165, 1.54) is 0 Å². The van der Waals surface area contributed by atoms with Crippen LogP contribution in [0.1, 0.15) is 19.8 Å². The summed E-state index contributed by atoms with van der Waals surface area (Å²) in [5.74, 6) is -0.301. The van der Waals surface area contributed by atoms with E-state index in [-0.39, 0.29) is 5.92 Å². The lowest BCUT2D eigenvalue weighted by Crippen LogP contribution is -2.30. The molecule has 0 saturated carbocycles. The Morgan fingerprint density at radius 3 is 2.73 bits per heavy atom. The highest BCUT2D eigenvalue weighted by Crippen LogP contribution is 2.32. The Labute approximate surface area is 66.3 Å². The van der Waals surface area contributed by atoms with Crippen molar-refractivity contribution in [3.8, 4) is 0 Å². The fourth-order valence-electron chi connectivity index (χ4n) is 1.29. The molecule has 0 aromatic carbocycles. The lowest BCUT2D eigenvalue weighted by molar-refractivity contribution is 0.364. The fourth-order valence-corrected chi connectivity index (χ4v) is 1.29. The van der Waals surface area contributed by atoms with E-state index in [1.54, 1.807) is 13.0 Å². The first-order chi connectivity index (χ1) is 5.23. The van der Waals surface area contributed by atoms with Gasteiger partial charge in [0, 0.05) is 5.92 Å². The molecule has 2 nitrogen and oxygen atoms in total. The molecule has 0 amide bonds. The molecule has 1 rings (SSSR count). The van der Waals surface area contributed by atoms with Crippen molar-refractivity contribution in [1.29, 1.82) is 0 Å². The van der Waals surface area contributed by atoms with Gasteiger partial charge in [0.05, 0.1) is 5.41 Å². The van der Waals surface area contributed by atoms with Crippen molar-refractivity contribution in [2.45, 2.75) is 19.8 Å². The van der Waals surface area contributed by atoms with Crippen LogP contribution in [-0.4, -0.2) is 12.6 Å². The third kappa shape index (κ3) is 1.39. The topological polar surface area (TPSA) is 34.1 Å². The Balaban J connectivity index is 2.87. The second-order valence-corrected chi connectivity index (χ2v) is 3.03. The van der Waals surface area contributed by atoms with Gasteiger partial charge < -0.3 is 0 Å². The zero-order valence-electron chi connectivity index (χ0n) is 6.46. The third-order valence-corrected chi connectivity index (χ3v) is 2.17. The van der Waals surface area contributed by atoms with Crippen molar-refractivity contribution in [1.82, 2.24) is 0 Å². The minimum absolute atomic E-state index is 0.301. The summed E-state index contributed by atoms with van der Waals surface area (Å²) in [7, 11) is 0. The molecule has 2 atom stereocenters. The van der Waals surface area contributed by atoms with Crippen LogP contribution in [0, 0.1) is 11.3 Å². The molecule has 0 spiro atoms. The summed E-state index contributed by atoms with van der Waals surface area (Å²) in [5.41, 5.74) is -0.722. The van der Waals surface area contributed by atoms with E-state index in [0.717, 1.165) is 6.42 Å². The zero-order chi connectivity index (χ0) is 8.32. The highest BCUT2D eigenvalue weighted by atomic mass is 16.1. The summed E-state index contributed by atoms with van der Waals surface area (Å²) in [4.78, 5) is 20.9. The first-order valence-corrected chi connectivity index (χ1v) is 3.67. The van der Waals surface area contributed by atoms with Gasteiger partial charge in [-0.1, -0.05) is 12.2 Å². The quantitative estimate of drug-likeness (QED) is 0.554. The normalized spacial score (nSPS) is 36.6. The molecule has 1 aliphatic carbocycles. The largest absolute Gasteiger partial charge is 0.291 e. The monoisotopic (exact) mass is 150 g/mol. The van der Waals surface area contributed by atoms with Crippen molar-refractivity contribution < 1.29 is 9.59 Å². The lowest BCUT2D eigenvalue weighted by Gasteiger charge is -2.26. The van der Waals surface area contributed by atoms with Crippen molar-refractivity contribution in [3.05, 3.63) is 12.2 Å². The molecule has 0 fully saturated rings. The predicted octanol–water partition coefficient (Wildman–Crippen LogP) is 1.18. The molecule has 0 bridgehead atoms. The summed E-state index contributed by atoms with van der Waals surface area (Å²) in [6, 6.07) is 0. The fraction of sp³-hybridized carbons (Fsp3) is 0.556. The Hall–Kier alpha value is -0.920. The molecule has 58 valence electrons. The van der Waals surface area contributed by atoms with Crippen LogP contribution in [-0.2, 0) is 9.59 Å². The van der Waals surface area contributed by atoms with Gasteiger partial charge in [0.25, 0.3) is 0 Å². The third-order valence-electron chi connectivity index (χ3n) is 2.17. The second kappa shape index (κ2) is 2.99. The van der Waals surface area contributed by atoms with Gasteiger partial charge in [-0.25, -0.2) is 0 Å². The van der Waals surface area contributed by atoms with Gasteiger partial charge in [0.1, 0.15) is 0 Å². The molecule has 11 heavy (non-hydrogen) atoms. The van der Waals surface area contributed by atoms with Gasteiger partial charge in [0.15, 0.2) is 0 Å². The molecule has 0 aromatic rings. The first kappa shape index (κ1) is 8.18. The maximum Gasteiger partial charge on any atom is 0.209 e. The van der Waals surface area contributed by atoms with Gasteiger partial charge in [0.2, 0.25) is 12.6 Å². The highest BCUT2D eigenvalue weighted by molar-refractivity contribution is 5.72. The summed E-state index contributed by atoms with van der Waals surface area (Å²) in [6.45, 7) is 1.71. The Morgan fingerprint density at radius 1 is 1.55 bits per heavy atom. The number of hydrogen-bond acceptors (Lipinski definition) is 2. The van der Waals surface area contributed by atoms with Gasteiger partial charge in [-0.2, -0.15) is 0 Å². The number of carbonyl (C=O) groups excluding carboxylic acids is 2. The van der Waals surface area contributed by atoms with Crippen molar-refractivity contribution in [2.75, 3.05) is 0 Å². The molecule has 2 heteroatoms. The van der Waals surface area contributed by atoms with Crippen molar-refractivity contribution >= 4 is 12.6 Å². The van der Waals surface area contributed by atoms with Gasteiger partial charge >= 0.3 is 0 Å². The minimum atomic E-state index is -0.722. The molecule has 2 unspecified atom stereocenters. The Kier molecular flexibility index (Phi) is 2.22. The summed E-state index contributed by atoms with van der Waals surface area (Å²) in [6.07, 6.45) is 9.00. The van der Waals surface area contributed by atoms with Crippen LogP contribution in [0.4, 0.5) is 0 Å². The average molecular weight is 150 g/mol. The number of rotatable bonds is 2. The van der Waals surface area contributed by atoms with E-state index >= 15 is 0 Å². The maximum absolute atomic E-state index is 10.5. The van der Waals surface area contributed by atoms with E-state index in [1.807, 2.05) is 18.6 Å². The van der Waals surface area contributed by atoms with Crippen LogP contribution in [0.15, 0.2) is 12.2 Å². The lowest BCUT2D eigenvalue weighted by atomic mass is 9.73. The number of allylic oxidation sites excluding steroid dienone is 2. The van der Waals surface area contributed by atoms with Crippen LogP contribution < -0.4 is 0 Å². The molecule has 0 N–H and O–H groups in total. The van der Waals surface area contributed by atoms with E-state index in [2.05, 4.69) is 0 Å². The van der Waals surface area contributed by atoms with Crippen LogP contribution >= 0.6 is 0 Å². The molecule has 0 aliphatic heterocycles. The summed E-state index contributed by atoms with van der Waals surface area (Å²) < 4.78 is 0. The number of hydrogen-bond donors (Lipinski definition) is 0. The molecule has 1 aliphatic rings. The molecule has 0 saturated heterocycles. The van der Waals surface area contributed by atoms with Crippen molar-refractivity contribution in [2.24, 2.45) is 11.3 Å². The minimum Gasteiger partial charge on any atom is -0.291 e. The second-order valence-electron chi connectivity index (χ2n) is 3.03. The zero-order valence-corrected chi connectivity index (χ0v) is 6.46. The SMILES string of the molecule is CC1([C]=O)C=CCCC1[C]=O. The Bertz CT molecular complexity index is 196. The summed E-state index contributed by atoms with van der Waals surface area (Å²) in [5, 5.41) is 0. The van der Waals surface area contributed by atoms with Gasteiger partial charge in [-0.05, 0) is 19.8 Å². The average Bonchev–Trinajstić information content (AvgIpc) is 2.05. The molecular weight excluding hydrogens is 140 g/mol. The van der Waals surface area contributed by atoms with Gasteiger partial charge in [-0.3, -0.25) is 9.59 Å². The first-order valence-electron chi connectivity index (χ1n) is 3.67. The predicted molar refractivity (Wildman–Crippen MR) is 41.4 cm³/mol. The molecule has 0 heterocycles. The smallest absolute Gasteiger partial charge is 0.209 e. The van der Waals surface area contributed by atoms with E-state index in [4.69, 9.17) is 0 Å². The molecule has 0 aromatic heterocycles. The summed E-state index contributed by atoms with van der Waals surface area (Å²) >= 11 is 0.